The summed E-state index contributed by atoms with van der Waals surface area (Å²) in [5, 5.41) is 14.2. The highest BCUT2D eigenvalue weighted by Gasteiger charge is 2.48. The SMILES string of the molecule is CCCCCOc1ccc(NC(=O)[C@H]2[C@@H](C(=O)[O-])[C@H]3C=C[C@H]2C3)cc1. The van der Waals surface area contributed by atoms with Gasteiger partial charge in [-0.15, -0.1) is 0 Å². The Kier molecular flexibility index (Phi) is 5.41. The molecule has 2 aliphatic carbocycles. The molecule has 0 aliphatic heterocycles. The summed E-state index contributed by atoms with van der Waals surface area (Å²) in [6.07, 6.45) is 7.91. The highest BCUT2D eigenvalue weighted by Crippen LogP contribution is 2.48. The summed E-state index contributed by atoms with van der Waals surface area (Å²) in [5.41, 5.74) is 0.648. The largest absolute Gasteiger partial charge is 0.550 e. The monoisotopic (exact) mass is 342 g/mol. The number of unbranched alkanes of at least 4 members (excludes halogenated alkanes) is 2. The summed E-state index contributed by atoms with van der Waals surface area (Å²) in [6, 6.07) is 7.20. The summed E-state index contributed by atoms with van der Waals surface area (Å²) in [7, 11) is 0. The predicted octanol–water partition coefficient (Wildman–Crippen LogP) is 2.38. The maximum absolute atomic E-state index is 12.6. The highest BCUT2D eigenvalue weighted by molar-refractivity contribution is 5.96. The van der Waals surface area contributed by atoms with Crippen molar-refractivity contribution in [3.8, 4) is 5.75 Å². The number of carbonyl (C=O) groups is 2. The molecule has 0 unspecified atom stereocenters. The van der Waals surface area contributed by atoms with Gasteiger partial charge in [-0.1, -0.05) is 31.9 Å². The predicted molar refractivity (Wildman–Crippen MR) is 92.8 cm³/mol. The van der Waals surface area contributed by atoms with E-state index >= 15 is 0 Å². The Morgan fingerprint density at radius 3 is 2.44 bits per heavy atom. The molecule has 1 N–H and O–H groups in total. The number of hydrogen-bond acceptors (Lipinski definition) is 4. The molecule has 1 amide bonds. The van der Waals surface area contributed by atoms with Crippen LogP contribution in [0.1, 0.15) is 32.6 Å². The zero-order chi connectivity index (χ0) is 17.8. The Labute approximate surface area is 148 Å². The molecule has 5 nitrogen and oxygen atoms in total. The minimum Gasteiger partial charge on any atom is -0.550 e. The second-order valence-electron chi connectivity index (χ2n) is 6.89. The zero-order valence-electron chi connectivity index (χ0n) is 14.4. The van der Waals surface area contributed by atoms with Gasteiger partial charge in [0.05, 0.1) is 12.5 Å². The standard InChI is InChI=1S/C20H25NO4/c1-2-3-4-11-25-16-9-7-15(8-10-16)21-19(22)17-13-5-6-14(12-13)18(17)20(23)24/h5-10,13-14,17-18H,2-4,11-12H2,1H3,(H,21,22)(H,23,24)/p-1/t13-,14-,17+,18-/m0/s1. The maximum atomic E-state index is 12.6. The summed E-state index contributed by atoms with van der Waals surface area (Å²) in [6.45, 7) is 2.83. The number of rotatable bonds is 8. The van der Waals surface area contributed by atoms with Crippen molar-refractivity contribution in [1.29, 1.82) is 0 Å². The van der Waals surface area contributed by atoms with Crippen molar-refractivity contribution >= 4 is 17.6 Å². The summed E-state index contributed by atoms with van der Waals surface area (Å²) in [4.78, 5) is 24.0. The van der Waals surface area contributed by atoms with Crippen LogP contribution in [-0.2, 0) is 9.59 Å². The molecule has 1 aromatic carbocycles. The molecule has 4 atom stereocenters. The number of nitrogens with one attached hydrogen (secondary N) is 1. The fourth-order valence-corrected chi connectivity index (χ4v) is 3.90. The number of aliphatic carboxylic acids is 1. The van der Waals surface area contributed by atoms with Crippen LogP contribution in [0.5, 0.6) is 5.75 Å². The first-order chi connectivity index (χ1) is 12.1. The normalized spacial score (nSPS) is 26.6. The van der Waals surface area contributed by atoms with Gasteiger partial charge in [-0.2, -0.15) is 0 Å². The number of amides is 1. The molecule has 1 fully saturated rings. The lowest BCUT2D eigenvalue weighted by molar-refractivity contribution is -0.313. The molecule has 134 valence electrons. The lowest BCUT2D eigenvalue weighted by Gasteiger charge is -2.27. The third-order valence-corrected chi connectivity index (χ3v) is 5.17. The van der Waals surface area contributed by atoms with Crippen molar-refractivity contribution in [2.75, 3.05) is 11.9 Å². The van der Waals surface area contributed by atoms with Crippen molar-refractivity contribution < 1.29 is 19.4 Å². The Morgan fingerprint density at radius 2 is 1.80 bits per heavy atom. The van der Waals surface area contributed by atoms with Crippen molar-refractivity contribution in [3.05, 3.63) is 36.4 Å². The summed E-state index contributed by atoms with van der Waals surface area (Å²) in [5.74, 6) is -1.97. The van der Waals surface area contributed by atoms with Crippen LogP contribution in [-0.4, -0.2) is 18.5 Å². The molecule has 2 aliphatic rings. The fourth-order valence-electron chi connectivity index (χ4n) is 3.90. The Hall–Kier alpha value is -2.30. The van der Waals surface area contributed by atoms with Gasteiger partial charge in [0.15, 0.2) is 0 Å². The van der Waals surface area contributed by atoms with Gasteiger partial charge < -0.3 is 20.0 Å². The summed E-state index contributed by atoms with van der Waals surface area (Å²) >= 11 is 0. The molecule has 3 rings (SSSR count). The van der Waals surface area contributed by atoms with Gasteiger partial charge in [0, 0.05) is 17.6 Å². The van der Waals surface area contributed by atoms with Crippen LogP contribution >= 0.6 is 0 Å². The summed E-state index contributed by atoms with van der Waals surface area (Å²) < 4.78 is 5.65. The van der Waals surface area contributed by atoms with Gasteiger partial charge in [0.1, 0.15) is 5.75 Å². The average molecular weight is 342 g/mol. The van der Waals surface area contributed by atoms with Gasteiger partial charge in [0.25, 0.3) is 0 Å². The van der Waals surface area contributed by atoms with Gasteiger partial charge >= 0.3 is 0 Å². The van der Waals surface area contributed by atoms with E-state index in [9.17, 15) is 14.7 Å². The number of anilines is 1. The van der Waals surface area contributed by atoms with E-state index in [2.05, 4.69) is 12.2 Å². The molecule has 25 heavy (non-hydrogen) atoms. The van der Waals surface area contributed by atoms with Crippen LogP contribution < -0.4 is 15.2 Å². The third kappa shape index (κ3) is 3.86. The van der Waals surface area contributed by atoms with Crippen LogP contribution in [0.3, 0.4) is 0 Å². The van der Waals surface area contributed by atoms with E-state index < -0.39 is 17.8 Å². The van der Waals surface area contributed by atoms with E-state index in [-0.39, 0.29) is 17.7 Å². The molecule has 1 aromatic rings. The molecule has 5 heteroatoms. The third-order valence-electron chi connectivity index (χ3n) is 5.17. The first-order valence-corrected chi connectivity index (χ1v) is 9.03. The highest BCUT2D eigenvalue weighted by atomic mass is 16.5. The topological polar surface area (TPSA) is 78.5 Å². The van der Waals surface area contributed by atoms with E-state index in [1.54, 1.807) is 12.1 Å². The number of hydrogen-bond donors (Lipinski definition) is 1. The molecule has 0 saturated heterocycles. The minimum atomic E-state index is -1.13. The van der Waals surface area contributed by atoms with Crippen molar-refractivity contribution in [2.45, 2.75) is 32.6 Å². The van der Waals surface area contributed by atoms with E-state index in [0.717, 1.165) is 31.4 Å². The Morgan fingerprint density at radius 1 is 1.12 bits per heavy atom. The van der Waals surface area contributed by atoms with Crippen molar-refractivity contribution in [1.82, 2.24) is 0 Å². The number of benzene rings is 1. The number of allylic oxidation sites excluding steroid dienone is 2. The number of carbonyl (C=O) groups excluding carboxylic acids is 2. The number of carboxylic acids is 1. The van der Waals surface area contributed by atoms with E-state index in [4.69, 9.17) is 4.74 Å². The van der Waals surface area contributed by atoms with Crippen LogP contribution in [0.2, 0.25) is 0 Å². The van der Waals surface area contributed by atoms with Crippen LogP contribution in [0, 0.1) is 23.7 Å². The van der Waals surface area contributed by atoms with Crippen molar-refractivity contribution in [2.24, 2.45) is 23.7 Å². The molecular weight excluding hydrogens is 318 g/mol. The molecule has 0 aromatic heterocycles. The van der Waals surface area contributed by atoms with E-state index in [1.807, 2.05) is 24.3 Å². The molecule has 0 radical (unpaired) electrons. The number of fused-ring (bicyclic) bond motifs is 2. The lowest BCUT2D eigenvalue weighted by atomic mass is 9.82. The Balaban J connectivity index is 1.58. The maximum Gasteiger partial charge on any atom is 0.228 e. The van der Waals surface area contributed by atoms with E-state index in [0.29, 0.717) is 12.3 Å². The molecule has 0 spiro atoms. The second-order valence-corrected chi connectivity index (χ2v) is 6.89. The quantitative estimate of drug-likeness (QED) is 0.581. The van der Waals surface area contributed by atoms with Crippen LogP contribution in [0.15, 0.2) is 36.4 Å². The molecule has 1 saturated carbocycles. The van der Waals surface area contributed by atoms with Crippen LogP contribution in [0.25, 0.3) is 0 Å². The lowest BCUT2D eigenvalue weighted by Crippen LogP contribution is -2.42. The first-order valence-electron chi connectivity index (χ1n) is 9.03. The fraction of sp³-hybridized carbons (Fsp3) is 0.500. The molecule has 0 heterocycles. The average Bonchev–Trinajstić information content (AvgIpc) is 3.21. The number of ether oxygens (including phenoxy) is 1. The van der Waals surface area contributed by atoms with Gasteiger partial charge in [-0.3, -0.25) is 4.79 Å². The van der Waals surface area contributed by atoms with Gasteiger partial charge in [-0.25, -0.2) is 0 Å². The number of carboxylic acid groups (broad SMARTS) is 1. The Bertz CT molecular complexity index is 652. The van der Waals surface area contributed by atoms with Crippen LogP contribution in [0.4, 0.5) is 5.69 Å². The second kappa shape index (κ2) is 7.72. The smallest absolute Gasteiger partial charge is 0.228 e. The van der Waals surface area contributed by atoms with Crippen molar-refractivity contribution in [3.63, 3.8) is 0 Å². The zero-order valence-corrected chi connectivity index (χ0v) is 14.4. The van der Waals surface area contributed by atoms with Gasteiger partial charge in [-0.05, 0) is 48.9 Å². The minimum absolute atomic E-state index is 0.00549. The first kappa shape index (κ1) is 17.5. The van der Waals surface area contributed by atoms with Gasteiger partial charge in [0.2, 0.25) is 5.91 Å². The van der Waals surface area contributed by atoms with E-state index in [1.165, 1.54) is 0 Å². The molecule has 2 bridgehead atoms. The molecular formula is C20H24NO4-.